The van der Waals surface area contributed by atoms with Crippen molar-refractivity contribution < 1.29 is 13.2 Å². The molecule has 6 nitrogen and oxygen atoms in total. The van der Waals surface area contributed by atoms with Crippen LogP contribution in [0.1, 0.15) is 6.42 Å². The first-order valence-electron chi connectivity index (χ1n) is 4.92. The number of anilines is 1. The van der Waals surface area contributed by atoms with Crippen molar-refractivity contribution in [3.8, 4) is 0 Å². The number of sulfonamides is 1. The van der Waals surface area contributed by atoms with Gasteiger partial charge in [0.2, 0.25) is 15.9 Å². The Kier molecular flexibility index (Phi) is 3.81. The van der Waals surface area contributed by atoms with E-state index in [9.17, 15) is 13.2 Å². The highest BCUT2D eigenvalue weighted by molar-refractivity contribution is 14.1. The fourth-order valence-corrected chi connectivity index (χ4v) is 3.55. The highest BCUT2D eigenvalue weighted by atomic mass is 127. The summed E-state index contributed by atoms with van der Waals surface area (Å²) in [5.41, 5.74) is 0. The molecule has 0 bridgehead atoms. The van der Waals surface area contributed by atoms with E-state index in [2.05, 4.69) is 4.98 Å². The molecule has 0 saturated carbocycles. The van der Waals surface area contributed by atoms with Crippen molar-refractivity contribution in [3.63, 3.8) is 0 Å². The van der Waals surface area contributed by atoms with E-state index in [0.29, 0.717) is 14.4 Å². The van der Waals surface area contributed by atoms with E-state index in [1.54, 1.807) is 6.07 Å². The quantitative estimate of drug-likeness (QED) is 0.740. The lowest BCUT2D eigenvalue weighted by molar-refractivity contribution is -0.117. The zero-order valence-corrected chi connectivity index (χ0v) is 12.7. The molecule has 1 fully saturated rings. The number of rotatable bonds is 2. The molecular formula is C9H9ClIN3O3S. The minimum absolute atomic E-state index is 0.0301. The molecule has 1 aliphatic heterocycles. The van der Waals surface area contributed by atoms with Gasteiger partial charge in [0.05, 0.1) is 8.59 Å². The second kappa shape index (κ2) is 4.91. The van der Waals surface area contributed by atoms with Crippen molar-refractivity contribution in [2.24, 2.45) is 5.14 Å². The first-order chi connectivity index (χ1) is 8.29. The predicted molar refractivity (Wildman–Crippen MR) is 75.8 cm³/mol. The van der Waals surface area contributed by atoms with Gasteiger partial charge in [-0.05, 0) is 28.7 Å². The van der Waals surface area contributed by atoms with Crippen LogP contribution in [-0.2, 0) is 14.8 Å². The van der Waals surface area contributed by atoms with Crippen molar-refractivity contribution in [2.75, 3.05) is 11.4 Å². The molecule has 1 saturated heterocycles. The number of carbonyl (C=O) groups is 1. The normalized spacial score (nSPS) is 20.5. The lowest BCUT2D eigenvalue weighted by Crippen LogP contribution is -2.32. The van der Waals surface area contributed by atoms with Crippen LogP contribution >= 0.6 is 34.2 Å². The molecule has 0 radical (unpaired) electrons. The Bertz CT molecular complexity index is 607. The van der Waals surface area contributed by atoms with Crippen molar-refractivity contribution in [3.05, 3.63) is 20.9 Å². The van der Waals surface area contributed by atoms with Gasteiger partial charge in [0.1, 0.15) is 11.1 Å². The van der Waals surface area contributed by atoms with Gasteiger partial charge in [-0.1, -0.05) is 11.6 Å². The first-order valence-corrected chi connectivity index (χ1v) is 7.98. The summed E-state index contributed by atoms with van der Waals surface area (Å²) in [4.78, 5) is 17.2. The van der Waals surface area contributed by atoms with E-state index in [4.69, 9.17) is 16.7 Å². The van der Waals surface area contributed by atoms with E-state index >= 15 is 0 Å². The predicted octanol–water partition coefficient (Wildman–Crippen LogP) is 0.733. The van der Waals surface area contributed by atoms with Crippen LogP contribution in [0.2, 0.25) is 5.02 Å². The lowest BCUT2D eigenvalue weighted by Gasteiger charge is -2.16. The van der Waals surface area contributed by atoms with Gasteiger partial charge in [0.15, 0.2) is 0 Å². The van der Waals surface area contributed by atoms with Crippen LogP contribution in [0, 0.1) is 3.57 Å². The minimum atomic E-state index is -3.72. The van der Waals surface area contributed by atoms with Crippen LogP contribution in [0.25, 0.3) is 0 Å². The summed E-state index contributed by atoms with van der Waals surface area (Å²) < 4.78 is 23.2. The van der Waals surface area contributed by atoms with Crippen LogP contribution in [-0.4, -0.2) is 31.1 Å². The summed E-state index contributed by atoms with van der Waals surface area (Å²) in [7, 11) is -3.72. The number of halogens is 2. The molecule has 2 rings (SSSR count). The molecule has 0 aliphatic carbocycles. The molecule has 2 heterocycles. The number of carbonyl (C=O) groups excluding carboxylic acids is 1. The third kappa shape index (κ3) is 2.76. The minimum Gasteiger partial charge on any atom is -0.295 e. The smallest absolute Gasteiger partial charge is 0.229 e. The molecule has 1 aliphatic rings. The highest BCUT2D eigenvalue weighted by Crippen LogP contribution is 2.28. The standard InChI is InChI=1S/C9H9ClIN3O3S/c10-5-1-7(11)9(13-3-5)14-4-6(2-8(14)15)18(12,16)17/h1,3,6H,2,4H2,(H2,12,16,17). The first kappa shape index (κ1) is 14.0. The molecular weight excluding hydrogens is 393 g/mol. The molecule has 0 aromatic carbocycles. The van der Waals surface area contributed by atoms with Crippen LogP contribution in [0.3, 0.4) is 0 Å². The number of hydrogen-bond acceptors (Lipinski definition) is 4. The SMILES string of the molecule is NS(=O)(=O)C1CC(=O)N(c2ncc(Cl)cc2I)C1. The topological polar surface area (TPSA) is 93.4 Å². The van der Waals surface area contributed by atoms with Crippen LogP contribution in [0.4, 0.5) is 5.82 Å². The molecule has 9 heteroatoms. The summed E-state index contributed by atoms with van der Waals surface area (Å²) >= 11 is 7.77. The number of hydrogen-bond donors (Lipinski definition) is 1. The summed E-state index contributed by atoms with van der Waals surface area (Å²) in [6.45, 7) is 0.0301. The number of nitrogens with two attached hydrogens (primary N) is 1. The van der Waals surface area contributed by atoms with Gasteiger partial charge in [0, 0.05) is 19.2 Å². The van der Waals surface area contributed by atoms with Crippen molar-refractivity contribution >= 4 is 55.9 Å². The monoisotopic (exact) mass is 401 g/mol. The van der Waals surface area contributed by atoms with Gasteiger partial charge in [-0.15, -0.1) is 0 Å². The summed E-state index contributed by atoms with van der Waals surface area (Å²) in [6.07, 6.45) is 1.30. The van der Waals surface area contributed by atoms with Gasteiger partial charge in [-0.2, -0.15) is 0 Å². The number of nitrogens with zero attached hydrogens (tertiary/aromatic N) is 2. The van der Waals surface area contributed by atoms with E-state index in [-0.39, 0.29) is 18.9 Å². The molecule has 98 valence electrons. The maximum absolute atomic E-state index is 11.8. The summed E-state index contributed by atoms with van der Waals surface area (Å²) in [5, 5.41) is 4.64. The Morgan fingerprint density at radius 3 is 2.72 bits per heavy atom. The molecule has 1 atom stereocenters. The molecule has 1 aromatic rings. The molecule has 1 aromatic heterocycles. The van der Waals surface area contributed by atoms with Crippen molar-refractivity contribution in [2.45, 2.75) is 11.7 Å². The van der Waals surface area contributed by atoms with E-state index in [1.165, 1.54) is 11.1 Å². The fourth-order valence-electron chi connectivity index (χ4n) is 1.71. The molecule has 1 unspecified atom stereocenters. The Morgan fingerprint density at radius 2 is 2.22 bits per heavy atom. The lowest BCUT2D eigenvalue weighted by atomic mass is 10.4. The maximum atomic E-state index is 11.8. The Morgan fingerprint density at radius 1 is 1.56 bits per heavy atom. The average Bonchev–Trinajstić information content (AvgIpc) is 2.60. The van der Waals surface area contributed by atoms with E-state index in [1.807, 2.05) is 22.6 Å². The summed E-state index contributed by atoms with van der Waals surface area (Å²) in [5.74, 6) is 0.109. The van der Waals surface area contributed by atoms with Crippen molar-refractivity contribution in [1.82, 2.24) is 4.98 Å². The van der Waals surface area contributed by atoms with E-state index < -0.39 is 15.3 Å². The number of amides is 1. The van der Waals surface area contributed by atoms with Gasteiger partial charge in [0.25, 0.3) is 0 Å². The molecule has 2 N–H and O–H groups in total. The van der Waals surface area contributed by atoms with Gasteiger partial charge < -0.3 is 0 Å². The van der Waals surface area contributed by atoms with Gasteiger partial charge >= 0.3 is 0 Å². The van der Waals surface area contributed by atoms with Crippen molar-refractivity contribution in [1.29, 1.82) is 0 Å². The Labute approximate surface area is 123 Å². The van der Waals surface area contributed by atoms with Gasteiger partial charge in [-0.25, -0.2) is 18.5 Å². The molecule has 1 amide bonds. The second-order valence-corrected chi connectivity index (χ2v) is 7.32. The largest absolute Gasteiger partial charge is 0.295 e. The summed E-state index contributed by atoms with van der Waals surface area (Å²) in [6, 6.07) is 1.65. The third-order valence-corrected chi connectivity index (χ3v) is 4.84. The van der Waals surface area contributed by atoms with E-state index in [0.717, 1.165) is 0 Å². The highest BCUT2D eigenvalue weighted by Gasteiger charge is 2.38. The Balaban J connectivity index is 2.33. The zero-order chi connectivity index (χ0) is 13.5. The Hall–Kier alpha value is -0.450. The number of aromatic nitrogens is 1. The second-order valence-electron chi connectivity index (χ2n) is 3.88. The maximum Gasteiger partial charge on any atom is 0.229 e. The number of pyridine rings is 1. The van der Waals surface area contributed by atoms with Crippen LogP contribution < -0.4 is 10.0 Å². The molecule has 0 spiro atoms. The van der Waals surface area contributed by atoms with Crippen LogP contribution in [0.15, 0.2) is 12.3 Å². The average molecular weight is 402 g/mol. The number of primary sulfonamides is 1. The zero-order valence-electron chi connectivity index (χ0n) is 9.01. The van der Waals surface area contributed by atoms with Crippen LogP contribution in [0.5, 0.6) is 0 Å². The fraction of sp³-hybridized carbons (Fsp3) is 0.333. The third-order valence-electron chi connectivity index (χ3n) is 2.60. The molecule has 18 heavy (non-hydrogen) atoms. The van der Waals surface area contributed by atoms with Gasteiger partial charge in [-0.3, -0.25) is 9.69 Å².